The van der Waals surface area contributed by atoms with Crippen molar-refractivity contribution in [2.24, 2.45) is 0 Å². The highest BCUT2D eigenvalue weighted by atomic mass is 16.5. The molecule has 1 heterocycles. The average molecular weight is 275 g/mol. The summed E-state index contributed by atoms with van der Waals surface area (Å²) in [7, 11) is 1.67. The maximum atomic E-state index is 8.88. The number of nitrogens with zero attached hydrogens (tertiary/aromatic N) is 1. The topological polar surface area (TPSA) is 51.2 Å². The molecular formula is C14H29NO4. The zero-order valence-corrected chi connectivity index (χ0v) is 12.2. The number of methoxy groups -OCH3 is 1. The minimum atomic E-state index is 0.305. The number of hydrogen-bond acceptors (Lipinski definition) is 5. The zero-order chi connectivity index (χ0) is 13.8. The second kappa shape index (κ2) is 11.6. The number of aliphatic hydroxyl groups excluding tert-OH is 1. The van der Waals surface area contributed by atoms with Gasteiger partial charge in [-0.3, -0.25) is 4.90 Å². The number of aliphatic hydroxyl groups is 1. The van der Waals surface area contributed by atoms with Crippen molar-refractivity contribution in [2.45, 2.75) is 31.7 Å². The molecule has 1 atom stereocenters. The van der Waals surface area contributed by atoms with Crippen LogP contribution in [0.1, 0.15) is 25.7 Å². The van der Waals surface area contributed by atoms with Gasteiger partial charge in [0.2, 0.25) is 0 Å². The third-order valence-electron chi connectivity index (χ3n) is 3.52. The standard InChI is InChI=1S/C14H29NO4/c1-17-10-11-19-13-12-18-9-7-15-6-2-4-14(15)5-3-8-16/h14,16H,2-13H2,1H3. The first kappa shape index (κ1) is 16.9. The fraction of sp³-hybridized carbons (Fsp3) is 1.00. The van der Waals surface area contributed by atoms with Gasteiger partial charge >= 0.3 is 0 Å². The molecule has 1 N–H and O–H groups in total. The zero-order valence-electron chi connectivity index (χ0n) is 12.2. The first-order valence-corrected chi connectivity index (χ1v) is 7.38. The molecule has 114 valence electrons. The van der Waals surface area contributed by atoms with Crippen molar-refractivity contribution in [1.82, 2.24) is 4.90 Å². The third-order valence-corrected chi connectivity index (χ3v) is 3.52. The Balaban J connectivity index is 1.93. The monoisotopic (exact) mass is 275 g/mol. The molecule has 1 saturated heterocycles. The Kier molecular flexibility index (Phi) is 10.3. The van der Waals surface area contributed by atoms with E-state index in [1.54, 1.807) is 7.11 Å². The van der Waals surface area contributed by atoms with Gasteiger partial charge in [-0.15, -0.1) is 0 Å². The molecule has 0 aliphatic carbocycles. The summed E-state index contributed by atoms with van der Waals surface area (Å²) in [4.78, 5) is 2.49. The summed E-state index contributed by atoms with van der Waals surface area (Å²) in [5, 5.41) is 8.88. The van der Waals surface area contributed by atoms with Gasteiger partial charge in [-0.25, -0.2) is 0 Å². The number of hydrogen-bond donors (Lipinski definition) is 1. The Hall–Kier alpha value is -0.200. The Morgan fingerprint density at radius 2 is 1.84 bits per heavy atom. The molecule has 1 aliphatic rings. The molecule has 1 rings (SSSR count). The van der Waals surface area contributed by atoms with E-state index in [2.05, 4.69) is 4.90 Å². The highest BCUT2D eigenvalue weighted by Gasteiger charge is 2.23. The molecular weight excluding hydrogens is 246 g/mol. The van der Waals surface area contributed by atoms with Crippen molar-refractivity contribution in [3.63, 3.8) is 0 Å². The molecule has 0 spiro atoms. The molecule has 19 heavy (non-hydrogen) atoms. The first-order valence-electron chi connectivity index (χ1n) is 7.38. The van der Waals surface area contributed by atoms with Crippen molar-refractivity contribution in [3.05, 3.63) is 0 Å². The smallest absolute Gasteiger partial charge is 0.0701 e. The van der Waals surface area contributed by atoms with Gasteiger partial charge in [0.25, 0.3) is 0 Å². The maximum absolute atomic E-state index is 8.88. The van der Waals surface area contributed by atoms with Gasteiger partial charge in [-0.1, -0.05) is 0 Å². The quantitative estimate of drug-likeness (QED) is 0.536. The van der Waals surface area contributed by atoms with Crippen LogP contribution in [0.25, 0.3) is 0 Å². The molecule has 1 aliphatic heterocycles. The molecule has 0 aromatic carbocycles. The lowest BCUT2D eigenvalue weighted by Crippen LogP contribution is -2.33. The fourth-order valence-corrected chi connectivity index (χ4v) is 2.49. The van der Waals surface area contributed by atoms with Crippen molar-refractivity contribution in [3.8, 4) is 0 Å². The van der Waals surface area contributed by atoms with Gasteiger partial charge in [0.05, 0.1) is 33.0 Å². The highest BCUT2D eigenvalue weighted by Crippen LogP contribution is 2.20. The van der Waals surface area contributed by atoms with Crippen LogP contribution >= 0.6 is 0 Å². The van der Waals surface area contributed by atoms with Gasteiger partial charge in [0, 0.05) is 26.3 Å². The SMILES string of the molecule is COCCOCCOCCN1CCCC1CCCO. The van der Waals surface area contributed by atoms with E-state index >= 15 is 0 Å². The van der Waals surface area contributed by atoms with E-state index in [1.165, 1.54) is 19.4 Å². The van der Waals surface area contributed by atoms with E-state index in [0.29, 0.717) is 39.1 Å². The summed E-state index contributed by atoms with van der Waals surface area (Å²) in [6, 6.07) is 0.647. The second-order valence-electron chi connectivity index (χ2n) is 4.92. The molecule has 5 heteroatoms. The Morgan fingerprint density at radius 1 is 1.11 bits per heavy atom. The van der Waals surface area contributed by atoms with Crippen LogP contribution in [0.5, 0.6) is 0 Å². The van der Waals surface area contributed by atoms with Gasteiger partial charge in [0.15, 0.2) is 0 Å². The van der Waals surface area contributed by atoms with Crippen LogP contribution in [-0.2, 0) is 14.2 Å². The minimum Gasteiger partial charge on any atom is -0.396 e. The molecule has 0 bridgehead atoms. The van der Waals surface area contributed by atoms with Crippen LogP contribution in [0.4, 0.5) is 0 Å². The summed E-state index contributed by atoms with van der Waals surface area (Å²) < 4.78 is 15.8. The van der Waals surface area contributed by atoms with E-state index in [9.17, 15) is 0 Å². The largest absolute Gasteiger partial charge is 0.396 e. The van der Waals surface area contributed by atoms with Crippen molar-refractivity contribution < 1.29 is 19.3 Å². The molecule has 1 unspecified atom stereocenters. The normalized spacial score (nSPS) is 20.2. The molecule has 0 radical (unpaired) electrons. The fourth-order valence-electron chi connectivity index (χ4n) is 2.49. The Labute approximate surface area is 116 Å². The Bertz CT molecular complexity index is 204. The van der Waals surface area contributed by atoms with E-state index in [4.69, 9.17) is 19.3 Å². The van der Waals surface area contributed by atoms with E-state index in [-0.39, 0.29) is 0 Å². The summed E-state index contributed by atoms with van der Waals surface area (Å²) >= 11 is 0. The van der Waals surface area contributed by atoms with Crippen molar-refractivity contribution in [2.75, 3.05) is 59.8 Å². The average Bonchev–Trinajstić information content (AvgIpc) is 2.87. The number of ether oxygens (including phenoxy) is 3. The molecule has 0 amide bonds. The minimum absolute atomic E-state index is 0.305. The third kappa shape index (κ3) is 7.84. The van der Waals surface area contributed by atoms with Crippen LogP contribution in [0.2, 0.25) is 0 Å². The predicted octanol–water partition coefficient (Wildman–Crippen LogP) is 0.903. The molecule has 5 nitrogen and oxygen atoms in total. The molecule has 0 aromatic rings. The van der Waals surface area contributed by atoms with Crippen LogP contribution in [0, 0.1) is 0 Å². The van der Waals surface area contributed by atoms with Gasteiger partial charge in [-0.05, 0) is 32.2 Å². The first-order chi connectivity index (χ1) is 9.38. The van der Waals surface area contributed by atoms with E-state index in [1.807, 2.05) is 0 Å². The lowest BCUT2D eigenvalue weighted by molar-refractivity contribution is 0.0184. The second-order valence-corrected chi connectivity index (χ2v) is 4.92. The summed E-state index contributed by atoms with van der Waals surface area (Å²) in [6.07, 6.45) is 4.56. The Morgan fingerprint density at radius 3 is 2.58 bits per heavy atom. The number of likely N-dealkylation sites (tertiary alicyclic amines) is 1. The van der Waals surface area contributed by atoms with Crippen molar-refractivity contribution >= 4 is 0 Å². The lowest BCUT2D eigenvalue weighted by atomic mass is 10.1. The maximum Gasteiger partial charge on any atom is 0.0701 e. The van der Waals surface area contributed by atoms with Crippen LogP contribution in [0.15, 0.2) is 0 Å². The van der Waals surface area contributed by atoms with E-state index < -0.39 is 0 Å². The van der Waals surface area contributed by atoms with Crippen LogP contribution < -0.4 is 0 Å². The van der Waals surface area contributed by atoms with Gasteiger partial charge in [0.1, 0.15) is 0 Å². The van der Waals surface area contributed by atoms with Gasteiger partial charge < -0.3 is 19.3 Å². The summed E-state index contributed by atoms with van der Waals surface area (Å²) in [5.41, 5.74) is 0. The lowest BCUT2D eigenvalue weighted by Gasteiger charge is -2.24. The molecule has 0 saturated carbocycles. The molecule has 0 aromatic heterocycles. The molecule has 1 fully saturated rings. The van der Waals surface area contributed by atoms with E-state index in [0.717, 1.165) is 26.0 Å². The predicted molar refractivity (Wildman–Crippen MR) is 74.4 cm³/mol. The summed E-state index contributed by atoms with van der Waals surface area (Å²) in [5.74, 6) is 0. The summed E-state index contributed by atoms with van der Waals surface area (Å²) in [6.45, 7) is 5.80. The van der Waals surface area contributed by atoms with Gasteiger partial charge in [-0.2, -0.15) is 0 Å². The van der Waals surface area contributed by atoms with Crippen LogP contribution in [0.3, 0.4) is 0 Å². The number of rotatable bonds is 12. The van der Waals surface area contributed by atoms with Crippen molar-refractivity contribution in [1.29, 1.82) is 0 Å². The highest BCUT2D eigenvalue weighted by molar-refractivity contribution is 4.78. The van der Waals surface area contributed by atoms with Crippen LogP contribution in [-0.4, -0.2) is 75.9 Å².